The van der Waals surface area contributed by atoms with Crippen LogP contribution in [0.4, 0.5) is 5.69 Å². The van der Waals surface area contributed by atoms with Crippen LogP contribution in [-0.4, -0.2) is 29.9 Å². The monoisotopic (exact) mass is 454 g/mol. The summed E-state index contributed by atoms with van der Waals surface area (Å²) in [5.74, 6) is 0.479. The summed E-state index contributed by atoms with van der Waals surface area (Å²) in [5.41, 5.74) is 4.27. The zero-order valence-electron chi connectivity index (χ0n) is 19.8. The summed E-state index contributed by atoms with van der Waals surface area (Å²) in [7, 11) is 1.63. The summed E-state index contributed by atoms with van der Waals surface area (Å²) in [4.78, 5) is 29.5. The maximum absolute atomic E-state index is 13.9. The predicted octanol–water partition coefficient (Wildman–Crippen LogP) is 5.90. The zero-order chi connectivity index (χ0) is 23.8. The number of hydrogen-bond donors (Lipinski definition) is 1. The van der Waals surface area contributed by atoms with Crippen LogP contribution in [-0.2, 0) is 4.79 Å². The van der Waals surface area contributed by atoms with Crippen molar-refractivity contribution >= 4 is 17.5 Å². The van der Waals surface area contributed by atoms with Crippen LogP contribution in [0.2, 0.25) is 0 Å². The Labute approximate surface area is 200 Å². The molecule has 0 spiro atoms. The third-order valence-electron chi connectivity index (χ3n) is 6.88. The van der Waals surface area contributed by atoms with Gasteiger partial charge in [0.15, 0.2) is 0 Å². The Balaban J connectivity index is 1.59. The maximum Gasteiger partial charge on any atom is 0.254 e. The largest absolute Gasteiger partial charge is 0.497 e. The fourth-order valence-corrected chi connectivity index (χ4v) is 4.94. The number of fused-ring (bicyclic) bond motifs is 1. The van der Waals surface area contributed by atoms with E-state index in [9.17, 15) is 9.59 Å². The van der Waals surface area contributed by atoms with E-state index < -0.39 is 12.0 Å². The number of nitrogens with zero attached hydrogens (tertiary/aromatic N) is 1. The second kappa shape index (κ2) is 8.98. The lowest BCUT2D eigenvalue weighted by atomic mass is 9.79. The Morgan fingerprint density at radius 3 is 2.41 bits per heavy atom. The summed E-state index contributed by atoms with van der Waals surface area (Å²) in [6.07, 6.45) is 1.92. The van der Waals surface area contributed by atoms with Crippen LogP contribution >= 0.6 is 0 Å². The van der Waals surface area contributed by atoms with E-state index in [4.69, 9.17) is 4.74 Å². The van der Waals surface area contributed by atoms with Crippen molar-refractivity contribution in [3.8, 4) is 5.75 Å². The van der Waals surface area contributed by atoms with Gasteiger partial charge >= 0.3 is 0 Å². The second-order valence-electron chi connectivity index (χ2n) is 9.50. The zero-order valence-corrected chi connectivity index (χ0v) is 19.8. The van der Waals surface area contributed by atoms with E-state index in [0.717, 1.165) is 29.7 Å². The predicted molar refractivity (Wildman–Crippen MR) is 133 cm³/mol. The Morgan fingerprint density at radius 2 is 1.74 bits per heavy atom. The Bertz CT molecular complexity index is 1210. The molecule has 1 aliphatic heterocycles. The van der Waals surface area contributed by atoms with Gasteiger partial charge in [-0.2, -0.15) is 0 Å². The van der Waals surface area contributed by atoms with Gasteiger partial charge in [0.25, 0.3) is 5.91 Å². The van der Waals surface area contributed by atoms with E-state index in [0.29, 0.717) is 17.2 Å². The topological polar surface area (TPSA) is 58.6 Å². The molecule has 1 heterocycles. The first-order valence-corrected chi connectivity index (χ1v) is 11.9. The van der Waals surface area contributed by atoms with E-state index in [2.05, 4.69) is 31.3 Å². The van der Waals surface area contributed by atoms with E-state index in [1.165, 1.54) is 5.56 Å². The van der Waals surface area contributed by atoms with Crippen LogP contribution in [0, 0.1) is 0 Å². The van der Waals surface area contributed by atoms with Crippen molar-refractivity contribution in [3.63, 3.8) is 0 Å². The average Bonchev–Trinajstić information content (AvgIpc) is 3.69. The normalized spacial score (nSPS) is 19.6. The van der Waals surface area contributed by atoms with Crippen LogP contribution in [0.25, 0.3) is 0 Å². The average molecular weight is 455 g/mol. The fourth-order valence-electron chi connectivity index (χ4n) is 4.94. The lowest BCUT2D eigenvalue weighted by molar-refractivity contribution is -0.119. The van der Waals surface area contributed by atoms with Crippen molar-refractivity contribution in [1.82, 2.24) is 4.90 Å². The van der Waals surface area contributed by atoms with Gasteiger partial charge in [0, 0.05) is 17.3 Å². The van der Waals surface area contributed by atoms with Crippen LogP contribution in [0.15, 0.2) is 72.8 Å². The molecule has 5 heteroatoms. The number of methoxy groups -OCH3 is 1. The molecular formula is C29H30N2O3. The minimum absolute atomic E-state index is 0.00347. The molecule has 0 aromatic heterocycles. The molecule has 0 saturated heterocycles. The molecule has 5 nitrogen and oxygen atoms in total. The van der Waals surface area contributed by atoms with Gasteiger partial charge in [0.2, 0.25) is 5.91 Å². The van der Waals surface area contributed by atoms with Crippen molar-refractivity contribution in [1.29, 1.82) is 0 Å². The lowest BCUT2D eigenvalue weighted by Gasteiger charge is -2.42. The highest BCUT2D eigenvalue weighted by molar-refractivity contribution is 6.04. The molecule has 0 bridgehead atoms. The fraction of sp³-hybridized carbons (Fsp3) is 0.310. The molecule has 174 valence electrons. The number of carbonyl (C=O) groups is 2. The van der Waals surface area contributed by atoms with Gasteiger partial charge < -0.3 is 15.0 Å². The smallest absolute Gasteiger partial charge is 0.254 e. The third-order valence-corrected chi connectivity index (χ3v) is 6.88. The van der Waals surface area contributed by atoms with Gasteiger partial charge in [-0.25, -0.2) is 0 Å². The van der Waals surface area contributed by atoms with Gasteiger partial charge in [0.1, 0.15) is 5.75 Å². The summed E-state index contributed by atoms with van der Waals surface area (Å²) < 4.78 is 5.47. The van der Waals surface area contributed by atoms with Crippen molar-refractivity contribution in [2.75, 3.05) is 12.4 Å². The molecule has 2 amide bonds. The van der Waals surface area contributed by atoms with E-state index in [1.54, 1.807) is 7.11 Å². The number of carbonyl (C=O) groups excluding carboxylic acids is 2. The molecule has 2 aliphatic rings. The van der Waals surface area contributed by atoms with Crippen molar-refractivity contribution < 1.29 is 14.3 Å². The number of amides is 2. The highest BCUT2D eigenvalue weighted by Gasteiger charge is 2.49. The third kappa shape index (κ3) is 4.07. The molecule has 0 radical (unpaired) electrons. The van der Waals surface area contributed by atoms with Crippen molar-refractivity contribution in [2.24, 2.45) is 0 Å². The van der Waals surface area contributed by atoms with Crippen LogP contribution < -0.4 is 10.1 Å². The van der Waals surface area contributed by atoms with E-state index >= 15 is 0 Å². The van der Waals surface area contributed by atoms with Gasteiger partial charge in [-0.15, -0.1) is 0 Å². The molecule has 1 aliphatic carbocycles. The first kappa shape index (κ1) is 22.2. The van der Waals surface area contributed by atoms with Crippen LogP contribution in [0.1, 0.15) is 71.6 Å². The second-order valence-corrected chi connectivity index (χ2v) is 9.50. The van der Waals surface area contributed by atoms with Gasteiger partial charge in [-0.1, -0.05) is 56.3 Å². The minimum Gasteiger partial charge on any atom is -0.497 e. The lowest BCUT2D eigenvalue weighted by Crippen LogP contribution is -2.47. The van der Waals surface area contributed by atoms with Crippen molar-refractivity contribution in [3.05, 3.63) is 95.1 Å². The number of nitrogens with one attached hydrogen (secondary N) is 1. The summed E-state index contributed by atoms with van der Waals surface area (Å²) in [6.45, 7) is 4.30. The molecular weight excluding hydrogens is 424 g/mol. The van der Waals surface area contributed by atoms with Crippen molar-refractivity contribution in [2.45, 2.75) is 50.6 Å². The molecule has 1 fully saturated rings. The molecule has 1 N–H and O–H groups in total. The van der Waals surface area contributed by atoms with Gasteiger partial charge in [0.05, 0.1) is 19.1 Å². The minimum atomic E-state index is -0.536. The van der Waals surface area contributed by atoms with Gasteiger partial charge in [-0.3, -0.25) is 9.59 Å². The van der Waals surface area contributed by atoms with E-state index in [1.807, 2.05) is 65.6 Å². The first-order valence-electron chi connectivity index (χ1n) is 11.9. The molecule has 3 aromatic rings. The number of ether oxygens (including phenoxy) is 1. The summed E-state index contributed by atoms with van der Waals surface area (Å²) in [5, 5.41) is 3.13. The molecule has 1 saturated carbocycles. The summed E-state index contributed by atoms with van der Waals surface area (Å²) in [6, 6.07) is 23.0. The molecule has 34 heavy (non-hydrogen) atoms. The number of anilines is 1. The molecule has 2 atom stereocenters. The Hall–Kier alpha value is -3.60. The summed E-state index contributed by atoms with van der Waals surface area (Å²) >= 11 is 0. The maximum atomic E-state index is 13.9. The number of hydrogen-bond acceptors (Lipinski definition) is 3. The Kier molecular flexibility index (Phi) is 5.86. The molecule has 3 aromatic carbocycles. The number of rotatable bonds is 6. The molecule has 5 rings (SSSR count). The quantitative estimate of drug-likeness (QED) is 0.504. The van der Waals surface area contributed by atoms with E-state index in [-0.39, 0.29) is 17.9 Å². The number of benzene rings is 3. The SMILES string of the molecule is COc1cccc([C@@H]2[C@@H](C(=O)Nc3ccc(C(C)C)cc3)c3ccccc3C(=O)N2C2CC2)c1. The Morgan fingerprint density at radius 1 is 1.00 bits per heavy atom. The molecule has 0 unspecified atom stereocenters. The standard InChI is InChI=1S/C29H30N2O3/c1-18(2)19-11-13-21(14-12-19)30-28(32)26-24-9-4-5-10-25(24)29(33)31(22-15-16-22)27(26)20-7-6-8-23(17-20)34-3/h4-14,17-18,22,26-27H,15-16H2,1-3H3,(H,30,32)/t26-,27+/m0/s1. The highest BCUT2D eigenvalue weighted by Crippen LogP contribution is 2.48. The first-order chi connectivity index (χ1) is 16.5. The van der Waals surface area contributed by atoms with Crippen LogP contribution in [0.3, 0.4) is 0 Å². The van der Waals surface area contributed by atoms with Gasteiger partial charge in [-0.05, 0) is 65.8 Å². The van der Waals surface area contributed by atoms with Crippen LogP contribution in [0.5, 0.6) is 5.75 Å². The highest BCUT2D eigenvalue weighted by atomic mass is 16.5.